The third kappa shape index (κ3) is 3.40. The highest BCUT2D eigenvalue weighted by Gasteiger charge is 2.42. The van der Waals surface area contributed by atoms with Crippen LogP contribution in [0.2, 0.25) is 0 Å². The van der Waals surface area contributed by atoms with Gasteiger partial charge in [-0.1, -0.05) is 32.0 Å². The van der Waals surface area contributed by atoms with E-state index in [0.29, 0.717) is 19.1 Å². The minimum absolute atomic E-state index is 0.0254. The van der Waals surface area contributed by atoms with Crippen molar-refractivity contribution in [3.8, 4) is 5.75 Å². The van der Waals surface area contributed by atoms with Gasteiger partial charge in [-0.25, -0.2) is 0 Å². The molecule has 1 heterocycles. The summed E-state index contributed by atoms with van der Waals surface area (Å²) in [7, 11) is 1.64. The summed E-state index contributed by atoms with van der Waals surface area (Å²) in [6.45, 7) is 4.86. The summed E-state index contributed by atoms with van der Waals surface area (Å²) < 4.78 is 5.49. The molecule has 0 unspecified atom stereocenters. The van der Waals surface area contributed by atoms with E-state index in [0.717, 1.165) is 24.2 Å². The van der Waals surface area contributed by atoms with E-state index in [4.69, 9.17) is 4.74 Å². The number of nitrogens with zero attached hydrogens (tertiary/aromatic N) is 1. The van der Waals surface area contributed by atoms with Crippen molar-refractivity contribution in [2.45, 2.75) is 38.6 Å². The van der Waals surface area contributed by atoms with E-state index in [2.05, 4.69) is 5.32 Å². The maximum absolute atomic E-state index is 12.7. The lowest BCUT2D eigenvalue weighted by Crippen LogP contribution is -2.37. The van der Waals surface area contributed by atoms with Crippen molar-refractivity contribution in [3.63, 3.8) is 0 Å². The largest absolute Gasteiger partial charge is 0.496 e. The van der Waals surface area contributed by atoms with Crippen molar-refractivity contribution in [2.75, 3.05) is 20.2 Å². The van der Waals surface area contributed by atoms with Gasteiger partial charge in [0, 0.05) is 31.0 Å². The first-order chi connectivity index (χ1) is 11.5. The SMILES string of the molecule is COc1ccccc1[C@H]1CN(C(=O)C(C)C)C[C@@H]1C(=O)NC1CC1. The van der Waals surface area contributed by atoms with Gasteiger partial charge in [0.2, 0.25) is 11.8 Å². The number of hydrogen-bond acceptors (Lipinski definition) is 3. The molecule has 2 amide bonds. The lowest BCUT2D eigenvalue weighted by Gasteiger charge is -2.20. The number of para-hydroxylation sites is 1. The molecule has 2 aliphatic rings. The first-order valence-corrected chi connectivity index (χ1v) is 8.73. The summed E-state index contributed by atoms with van der Waals surface area (Å²) >= 11 is 0. The van der Waals surface area contributed by atoms with Gasteiger partial charge >= 0.3 is 0 Å². The van der Waals surface area contributed by atoms with Crippen molar-refractivity contribution in [1.29, 1.82) is 0 Å². The molecule has 1 N–H and O–H groups in total. The molecule has 2 fully saturated rings. The normalized spacial score (nSPS) is 23.4. The van der Waals surface area contributed by atoms with Crippen LogP contribution in [0, 0.1) is 11.8 Å². The summed E-state index contributed by atoms with van der Waals surface area (Å²) in [5, 5.41) is 3.10. The van der Waals surface area contributed by atoms with E-state index in [-0.39, 0.29) is 29.6 Å². The summed E-state index contributed by atoms with van der Waals surface area (Å²) in [5.74, 6) is 0.649. The van der Waals surface area contributed by atoms with Crippen LogP contribution < -0.4 is 10.1 Å². The maximum Gasteiger partial charge on any atom is 0.225 e. The second kappa shape index (κ2) is 6.83. The Morgan fingerprint density at radius 1 is 1.21 bits per heavy atom. The molecule has 0 spiro atoms. The van der Waals surface area contributed by atoms with Gasteiger partial charge in [-0.15, -0.1) is 0 Å². The lowest BCUT2D eigenvalue weighted by atomic mass is 9.87. The molecule has 2 atom stereocenters. The highest BCUT2D eigenvalue weighted by molar-refractivity contribution is 5.84. The van der Waals surface area contributed by atoms with Crippen LogP contribution in [0.25, 0.3) is 0 Å². The van der Waals surface area contributed by atoms with Crippen LogP contribution in [0.4, 0.5) is 0 Å². The Labute approximate surface area is 143 Å². The second-order valence-corrected chi connectivity index (χ2v) is 7.14. The molecular weight excluding hydrogens is 304 g/mol. The lowest BCUT2D eigenvalue weighted by molar-refractivity contribution is -0.133. The number of amides is 2. The molecule has 5 heteroatoms. The number of carbonyl (C=O) groups is 2. The van der Waals surface area contributed by atoms with Gasteiger partial charge in [-0.3, -0.25) is 9.59 Å². The van der Waals surface area contributed by atoms with E-state index in [1.807, 2.05) is 43.0 Å². The van der Waals surface area contributed by atoms with Crippen LogP contribution in [-0.4, -0.2) is 43.0 Å². The Morgan fingerprint density at radius 3 is 2.54 bits per heavy atom. The van der Waals surface area contributed by atoms with Gasteiger partial charge < -0.3 is 15.0 Å². The zero-order valence-electron chi connectivity index (χ0n) is 14.6. The number of likely N-dealkylation sites (tertiary alicyclic amines) is 1. The number of nitrogens with one attached hydrogen (secondary N) is 1. The predicted octanol–water partition coefficient (Wildman–Crippen LogP) is 2.17. The third-order valence-electron chi connectivity index (χ3n) is 4.92. The highest BCUT2D eigenvalue weighted by Crippen LogP contribution is 2.38. The molecule has 0 bridgehead atoms. The van der Waals surface area contributed by atoms with Crippen LogP contribution in [0.15, 0.2) is 24.3 Å². The fraction of sp³-hybridized carbons (Fsp3) is 0.579. The minimum atomic E-state index is -0.218. The molecule has 24 heavy (non-hydrogen) atoms. The van der Waals surface area contributed by atoms with Gasteiger partial charge in [0.25, 0.3) is 0 Å². The van der Waals surface area contributed by atoms with Gasteiger partial charge in [-0.05, 0) is 24.5 Å². The first-order valence-electron chi connectivity index (χ1n) is 8.73. The Hall–Kier alpha value is -2.04. The Balaban J connectivity index is 1.87. The molecule has 130 valence electrons. The summed E-state index contributed by atoms with van der Waals surface area (Å²) in [6.07, 6.45) is 2.12. The van der Waals surface area contributed by atoms with Crippen LogP contribution >= 0.6 is 0 Å². The van der Waals surface area contributed by atoms with E-state index in [9.17, 15) is 9.59 Å². The van der Waals surface area contributed by atoms with Crippen molar-refractivity contribution in [3.05, 3.63) is 29.8 Å². The van der Waals surface area contributed by atoms with Crippen molar-refractivity contribution >= 4 is 11.8 Å². The molecule has 1 saturated carbocycles. The average molecular weight is 330 g/mol. The van der Waals surface area contributed by atoms with Gasteiger partial charge in [0.05, 0.1) is 13.0 Å². The van der Waals surface area contributed by atoms with Gasteiger partial charge in [-0.2, -0.15) is 0 Å². The minimum Gasteiger partial charge on any atom is -0.496 e. The molecular formula is C19H26N2O3. The Morgan fingerprint density at radius 2 is 1.92 bits per heavy atom. The van der Waals surface area contributed by atoms with E-state index in [1.165, 1.54) is 0 Å². The van der Waals surface area contributed by atoms with Crippen LogP contribution in [0.5, 0.6) is 5.75 Å². The molecule has 0 aromatic heterocycles. The standard InChI is InChI=1S/C19H26N2O3/c1-12(2)19(23)21-10-15(14-6-4-5-7-17(14)24-3)16(11-21)18(22)20-13-8-9-13/h4-7,12-13,15-16H,8-11H2,1-3H3,(H,20,22)/t15-,16+/m1/s1. The number of benzene rings is 1. The Kier molecular flexibility index (Phi) is 4.78. The third-order valence-corrected chi connectivity index (χ3v) is 4.92. The molecule has 1 aromatic rings. The predicted molar refractivity (Wildman–Crippen MR) is 91.8 cm³/mol. The molecule has 1 saturated heterocycles. The molecule has 5 nitrogen and oxygen atoms in total. The molecule has 1 aromatic carbocycles. The monoisotopic (exact) mass is 330 g/mol. The fourth-order valence-electron chi connectivity index (χ4n) is 3.44. The molecule has 3 rings (SSSR count). The number of ether oxygens (including phenoxy) is 1. The smallest absolute Gasteiger partial charge is 0.225 e. The van der Waals surface area contributed by atoms with Gasteiger partial charge in [0.1, 0.15) is 5.75 Å². The Bertz CT molecular complexity index is 625. The van der Waals surface area contributed by atoms with Crippen molar-refractivity contribution in [1.82, 2.24) is 10.2 Å². The van der Waals surface area contributed by atoms with Crippen molar-refractivity contribution < 1.29 is 14.3 Å². The summed E-state index contributed by atoms with van der Waals surface area (Å²) in [5.41, 5.74) is 1.01. The quantitative estimate of drug-likeness (QED) is 0.900. The van der Waals surface area contributed by atoms with E-state index < -0.39 is 0 Å². The highest BCUT2D eigenvalue weighted by atomic mass is 16.5. The molecule has 0 radical (unpaired) electrons. The topological polar surface area (TPSA) is 58.6 Å². The summed E-state index contributed by atoms with van der Waals surface area (Å²) in [6, 6.07) is 8.13. The van der Waals surface area contributed by atoms with Gasteiger partial charge in [0.15, 0.2) is 0 Å². The van der Waals surface area contributed by atoms with Crippen molar-refractivity contribution in [2.24, 2.45) is 11.8 Å². The fourth-order valence-corrected chi connectivity index (χ4v) is 3.44. The zero-order chi connectivity index (χ0) is 17.3. The zero-order valence-corrected chi connectivity index (χ0v) is 14.6. The maximum atomic E-state index is 12.7. The average Bonchev–Trinajstić information content (AvgIpc) is 3.28. The van der Waals surface area contributed by atoms with Crippen LogP contribution in [0.1, 0.15) is 38.2 Å². The van der Waals surface area contributed by atoms with E-state index in [1.54, 1.807) is 7.11 Å². The van der Waals surface area contributed by atoms with Crippen LogP contribution in [-0.2, 0) is 9.59 Å². The second-order valence-electron chi connectivity index (χ2n) is 7.14. The van der Waals surface area contributed by atoms with Crippen LogP contribution in [0.3, 0.4) is 0 Å². The number of rotatable bonds is 5. The molecule has 1 aliphatic heterocycles. The number of carbonyl (C=O) groups excluding carboxylic acids is 2. The summed E-state index contributed by atoms with van der Waals surface area (Å²) in [4.78, 5) is 27.0. The number of methoxy groups -OCH3 is 1. The number of hydrogen-bond donors (Lipinski definition) is 1. The van der Waals surface area contributed by atoms with E-state index >= 15 is 0 Å². The first kappa shape index (κ1) is 16.8. The molecule has 1 aliphatic carbocycles.